The van der Waals surface area contributed by atoms with Crippen LogP contribution in [0.25, 0.3) is 0 Å². The van der Waals surface area contributed by atoms with Gasteiger partial charge in [-0.3, -0.25) is 4.90 Å². The van der Waals surface area contributed by atoms with Crippen LogP contribution >= 0.6 is 11.3 Å². The Bertz CT molecular complexity index is 581. The highest BCUT2D eigenvalue weighted by Gasteiger charge is 2.27. The first-order valence-corrected chi connectivity index (χ1v) is 8.37. The highest BCUT2D eigenvalue weighted by Crippen LogP contribution is 2.27. The number of carboxylic acid groups (broad SMARTS) is 1. The number of aliphatic hydroxyl groups excluding tert-OH is 2. The smallest absolute Gasteiger partial charge is 0.416 e. The van der Waals surface area contributed by atoms with Crippen LogP contribution in [0.4, 0.5) is 9.93 Å². The standard InChI is InChI=1S/C15H24N2O6S/c1-9-11(12(20)21)16-13(24-9)17(7-5-6-10(19)8-18)14(22)23-15(2,3)4/h10,18-19H,5-8H2,1-4H3,(H,20,21). The summed E-state index contributed by atoms with van der Waals surface area (Å²) >= 11 is 1.09. The molecule has 24 heavy (non-hydrogen) atoms. The lowest BCUT2D eigenvalue weighted by molar-refractivity contribution is 0.0570. The number of carbonyl (C=O) groups is 2. The molecule has 3 N–H and O–H groups in total. The van der Waals surface area contributed by atoms with E-state index in [1.165, 1.54) is 4.90 Å². The number of aliphatic hydroxyl groups is 2. The number of rotatable bonds is 7. The average molecular weight is 360 g/mol. The van der Waals surface area contributed by atoms with Crippen LogP contribution in [0.3, 0.4) is 0 Å². The van der Waals surface area contributed by atoms with Gasteiger partial charge in [-0.15, -0.1) is 11.3 Å². The molecule has 8 nitrogen and oxygen atoms in total. The zero-order valence-electron chi connectivity index (χ0n) is 14.3. The Morgan fingerprint density at radius 3 is 2.46 bits per heavy atom. The second-order valence-corrected chi connectivity index (χ2v) is 7.50. The summed E-state index contributed by atoms with van der Waals surface area (Å²) in [4.78, 5) is 29.3. The lowest BCUT2D eigenvalue weighted by Crippen LogP contribution is -2.37. The van der Waals surface area contributed by atoms with E-state index in [0.717, 1.165) is 11.3 Å². The summed E-state index contributed by atoms with van der Waals surface area (Å²) in [5, 5.41) is 27.6. The number of hydrogen-bond acceptors (Lipinski definition) is 7. The maximum Gasteiger partial charge on any atom is 0.416 e. The first-order chi connectivity index (χ1) is 11.0. The van der Waals surface area contributed by atoms with Crippen LogP contribution in [0.1, 0.15) is 49.0 Å². The van der Waals surface area contributed by atoms with Gasteiger partial charge in [0.05, 0.1) is 12.7 Å². The number of nitrogens with zero attached hydrogens (tertiary/aromatic N) is 2. The van der Waals surface area contributed by atoms with Crippen LogP contribution < -0.4 is 4.90 Å². The lowest BCUT2D eigenvalue weighted by Gasteiger charge is -2.26. The third-order valence-corrected chi connectivity index (χ3v) is 3.96. The topological polar surface area (TPSA) is 120 Å². The molecule has 0 radical (unpaired) electrons. The number of aryl methyl sites for hydroxylation is 1. The lowest BCUT2D eigenvalue weighted by atomic mass is 10.2. The number of thiazole rings is 1. The van der Waals surface area contributed by atoms with Gasteiger partial charge < -0.3 is 20.1 Å². The Morgan fingerprint density at radius 1 is 1.38 bits per heavy atom. The summed E-state index contributed by atoms with van der Waals surface area (Å²) in [5.74, 6) is -1.16. The molecule has 9 heteroatoms. The number of carbonyl (C=O) groups excluding carboxylic acids is 1. The predicted octanol–water partition coefficient (Wildman–Crippen LogP) is 2.02. The monoisotopic (exact) mass is 360 g/mol. The molecule has 0 saturated heterocycles. The van der Waals surface area contributed by atoms with Crippen molar-refractivity contribution in [3.8, 4) is 0 Å². The first-order valence-electron chi connectivity index (χ1n) is 7.55. The van der Waals surface area contributed by atoms with E-state index in [2.05, 4.69) is 4.98 Å². The van der Waals surface area contributed by atoms with Crippen LogP contribution in [-0.2, 0) is 4.74 Å². The van der Waals surface area contributed by atoms with Crippen molar-refractivity contribution in [3.05, 3.63) is 10.6 Å². The molecule has 0 aliphatic rings. The molecule has 1 rings (SSSR count). The number of hydrogen-bond donors (Lipinski definition) is 3. The minimum Gasteiger partial charge on any atom is -0.476 e. The van der Waals surface area contributed by atoms with Gasteiger partial charge in [-0.05, 0) is 40.5 Å². The molecule has 0 bridgehead atoms. The molecule has 1 atom stereocenters. The Morgan fingerprint density at radius 2 is 2.00 bits per heavy atom. The van der Waals surface area contributed by atoms with Gasteiger partial charge in [0.2, 0.25) is 0 Å². The molecule has 0 saturated carbocycles. The van der Waals surface area contributed by atoms with Crippen molar-refractivity contribution in [2.24, 2.45) is 0 Å². The molecule has 0 fully saturated rings. The van der Waals surface area contributed by atoms with Gasteiger partial charge in [-0.2, -0.15) is 0 Å². The molecular formula is C15H24N2O6S. The van der Waals surface area contributed by atoms with Crippen molar-refractivity contribution in [1.29, 1.82) is 0 Å². The van der Waals surface area contributed by atoms with E-state index in [1.807, 2.05) is 0 Å². The zero-order valence-corrected chi connectivity index (χ0v) is 15.1. The molecule has 1 unspecified atom stereocenters. The minimum atomic E-state index is -1.16. The molecular weight excluding hydrogens is 336 g/mol. The first kappa shape index (κ1) is 20.3. The predicted molar refractivity (Wildman–Crippen MR) is 89.7 cm³/mol. The number of amides is 1. The van der Waals surface area contributed by atoms with Crippen LogP contribution in [0.2, 0.25) is 0 Å². The van der Waals surface area contributed by atoms with Crippen molar-refractivity contribution in [2.75, 3.05) is 18.1 Å². The van der Waals surface area contributed by atoms with Gasteiger partial charge in [-0.1, -0.05) is 0 Å². The largest absolute Gasteiger partial charge is 0.476 e. The van der Waals surface area contributed by atoms with Crippen LogP contribution in [-0.4, -0.2) is 57.2 Å². The van der Waals surface area contributed by atoms with E-state index in [4.69, 9.17) is 14.9 Å². The summed E-state index contributed by atoms with van der Waals surface area (Å²) in [6, 6.07) is 0. The van der Waals surface area contributed by atoms with Gasteiger partial charge in [0.25, 0.3) is 0 Å². The highest BCUT2D eigenvalue weighted by molar-refractivity contribution is 7.16. The maximum atomic E-state index is 12.4. The van der Waals surface area contributed by atoms with E-state index in [9.17, 15) is 14.7 Å². The molecule has 0 aromatic carbocycles. The average Bonchev–Trinajstić information content (AvgIpc) is 2.83. The summed E-state index contributed by atoms with van der Waals surface area (Å²) in [6.45, 7) is 6.65. The molecule has 0 aliphatic heterocycles. The van der Waals surface area contributed by atoms with Crippen molar-refractivity contribution in [1.82, 2.24) is 4.98 Å². The SMILES string of the molecule is Cc1sc(N(CCCC(O)CO)C(=O)OC(C)(C)C)nc1C(=O)O. The normalized spacial score (nSPS) is 12.8. The van der Waals surface area contributed by atoms with Crippen LogP contribution in [0, 0.1) is 6.92 Å². The van der Waals surface area contributed by atoms with Crippen molar-refractivity contribution < 1.29 is 29.6 Å². The fourth-order valence-corrected chi connectivity index (χ4v) is 2.77. The third-order valence-electron chi connectivity index (χ3n) is 2.96. The van der Waals surface area contributed by atoms with E-state index in [0.29, 0.717) is 17.7 Å². The maximum absolute atomic E-state index is 12.4. The van der Waals surface area contributed by atoms with Crippen LogP contribution in [0.5, 0.6) is 0 Å². The van der Waals surface area contributed by atoms with Crippen molar-refractivity contribution in [3.63, 3.8) is 0 Å². The van der Waals surface area contributed by atoms with E-state index >= 15 is 0 Å². The quantitative estimate of drug-likeness (QED) is 0.680. The molecule has 136 valence electrons. The number of aromatic carboxylic acids is 1. The summed E-state index contributed by atoms with van der Waals surface area (Å²) < 4.78 is 5.34. The second kappa shape index (κ2) is 8.41. The molecule has 1 heterocycles. The molecule has 1 amide bonds. The molecule has 1 aromatic heterocycles. The molecule has 1 aromatic rings. The van der Waals surface area contributed by atoms with Gasteiger partial charge >= 0.3 is 12.1 Å². The van der Waals surface area contributed by atoms with E-state index in [1.54, 1.807) is 27.7 Å². The molecule has 0 spiro atoms. The Balaban J connectivity index is 2.97. The second-order valence-electron chi connectivity index (χ2n) is 6.32. The van der Waals surface area contributed by atoms with Gasteiger partial charge in [0.1, 0.15) is 5.60 Å². The number of carboxylic acids is 1. The van der Waals surface area contributed by atoms with Gasteiger partial charge in [0, 0.05) is 11.4 Å². The highest BCUT2D eigenvalue weighted by atomic mass is 32.1. The van der Waals surface area contributed by atoms with Gasteiger partial charge in [-0.25, -0.2) is 14.6 Å². The molecule has 0 aliphatic carbocycles. The number of ether oxygens (including phenoxy) is 1. The number of aromatic nitrogens is 1. The van der Waals surface area contributed by atoms with E-state index < -0.39 is 23.8 Å². The fraction of sp³-hybridized carbons (Fsp3) is 0.667. The third kappa shape index (κ3) is 6.06. The van der Waals surface area contributed by atoms with Crippen LogP contribution in [0.15, 0.2) is 0 Å². The van der Waals surface area contributed by atoms with Gasteiger partial charge in [0.15, 0.2) is 10.8 Å². The Hall–Kier alpha value is -1.71. The van der Waals surface area contributed by atoms with E-state index in [-0.39, 0.29) is 24.0 Å². The Labute approximate surface area is 144 Å². The minimum absolute atomic E-state index is 0.0982. The summed E-state index contributed by atoms with van der Waals surface area (Å²) in [6.07, 6.45) is -0.793. The van der Waals surface area contributed by atoms with Crippen molar-refractivity contribution >= 4 is 28.5 Å². The summed E-state index contributed by atoms with van der Waals surface area (Å²) in [5.41, 5.74) is -0.805. The Kier molecular flexibility index (Phi) is 7.12. The number of anilines is 1. The zero-order chi connectivity index (χ0) is 18.5. The fourth-order valence-electron chi connectivity index (χ4n) is 1.85. The van der Waals surface area contributed by atoms with Crippen molar-refractivity contribution in [2.45, 2.75) is 52.2 Å². The summed E-state index contributed by atoms with van der Waals surface area (Å²) in [7, 11) is 0.